The van der Waals surface area contributed by atoms with E-state index >= 15 is 0 Å². The number of aryl methyl sites for hydroxylation is 1. The summed E-state index contributed by atoms with van der Waals surface area (Å²) in [5.74, 6) is 0. The highest BCUT2D eigenvalue weighted by molar-refractivity contribution is 4.84. The molecule has 1 heteroatoms. The van der Waals surface area contributed by atoms with E-state index in [9.17, 15) is 0 Å². The molecule has 0 bridgehead atoms. The van der Waals surface area contributed by atoms with Crippen molar-refractivity contribution >= 4 is 0 Å². The molecule has 1 heterocycles. The second kappa shape index (κ2) is 30.2. The number of hydrogen-bond donors (Lipinski definition) is 0. The largest absolute Gasteiger partial charge is 0.205 e. The van der Waals surface area contributed by atoms with Crippen molar-refractivity contribution in [3.63, 3.8) is 0 Å². The summed E-state index contributed by atoms with van der Waals surface area (Å²) in [6.07, 6.45) is 49.5. The molecular formula is C41H78N+. The topological polar surface area (TPSA) is 3.88 Å². The molecule has 0 amide bonds. The fourth-order valence-corrected chi connectivity index (χ4v) is 7.13. The van der Waals surface area contributed by atoms with Crippen LogP contribution in [0.15, 0.2) is 30.6 Å². The summed E-state index contributed by atoms with van der Waals surface area (Å²) in [7, 11) is 0. The Balaban J connectivity index is 2.53. The average molecular weight is 585 g/mol. The van der Waals surface area contributed by atoms with Crippen LogP contribution < -0.4 is 4.57 Å². The van der Waals surface area contributed by atoms with Crippen molar-refractivity contribution in [1.29, 1.82) is 0 Å². The lowest BCUT2D eigenvalue weighted by Gasteiger charge is -2.34. The SMILES string of the molecule is CCCCCCCCCCCCCC(CCCCCCC)(CCCCCCCCCCCCC)CC[n+]1ccccc1. The number of hydrogen-bond acceptors (Lipinski definition) is 0. The molecule has 0 aromatic carbocycles. The van der Waals surface area contributed by atoms with Crippen LogP contribution in [0.1, 0.15) is 220 Å². The van der Waals surface area contributed by atoms with E-state index in [1.165, 1.54) is 206 Å². The molecule has 0 atom stereocenters. The molecule has 1 aromatic rings. The first kappa shape index (κ1) is 39.2. The second-order valence-corrected chi connectivity index (χ2v) is 14.1. The second-order valence-electron chi connectivity index (χ2n) is 14.1. The summed E-state index contributed by atoms with van der Waals surface area (Å²) in [5.41, 5.74) is 0.563. The van der Waals surface area contributed by atoms with Gasteiger partial charge in [0.15, 0.2) is 12.4 Å². The van der Waals surface area contributed by atoms with E-state index in [1.54, 1.807) is 0 Å². The van der Waals surface area contributed by atoms with Crippen molar-refractivity contribution in [2.45, 2.75) is 226 Å². The van der Waals surface area contributed by atoms with Crippen LogP contribution in [0.2, 0.25) is 0 Å². The van der Waals surface area contributed by atoms with Crippen molar-refractivity contribution in [1.82, 2.24) is 0 Å². The predicted molar refractivity (Wildman–Crippen MR) is 189 cm³/mol. The van der Waals surface area contributed by atoms with Gasteiger partial charge < -0.3 is 0 Å². The zero-order chi connectivity index (χ0) is 30.2. The Morgan fingerprint density at radius 2 is 0.619 bits per heavy atom. The zero-order valence-electron chi connectivity index (χ0n) is 29.5. The standard InChI is InChI=1S/C41H78N/c1-4-7-10-13-15-17-19-21-23-26-30-35-41(34-29-25-12-9-6-3,37-40-42-38-32-28-33-39-42)36-31-27-24-22-20-18-16-14-11-8-5-2/h28,32-33,38-39H,4-27,29-31,34-37,40H2,1-3H3/q+1. The average Bonchev–Trinajstić information content (AvgIpc) is 3.01. The summed E-state index contributed by atoms with van der Waals surface area (Å²) in [5, 5.41) is 0. The number of aromatic nitrogens is 1. The van der Waals surface area contributed by atoms with Crippen molar-refractivity contribution in [2.24, 2.45) is 5.41 Å². The molecule has 1 rings (SSSR count). The van der Waals surface area contributed by atoms with Crippen LogP contribution in [0.25, 0.3) is 0 Å². The van der Waals surface area contributed by atoms with Crippen LogP contribution in [-0.4, -0.2) is 0 Å². The summed E-state index contributed by atoms with van der Waals surface area (Å²) in [6.45, 7) is 8.19. The maximum atomic E-state index is 2.45. The van der Waals surface area contributed by atoms with Crippen molar-refractivity contribution < 1.29 is 4.57 Å². The van der Waals surface area contributed by atoms with Crippen molar-refractivity contribution in [3.8, 4) is 0 Å². The number of rotatable bonds is 33. The van der Waals surface area contributed by atoms with Gasteiger partial charge in [-0.05, 0) is 24.7 Å². The molecule has 0 unspecified atom stereocenters. The molecule has 0 fully saturated rings. The van der Waals surface area contributed by atoms with Gasteiger partial charge in [-0.1, -0.05) is 200 Å². The van der Waals surface area contributed by atoms with Crippen LogP contribution in [0.4, 0.5) is 0 Å². The molecule has 0 saturated carbocycles. The third-order valence-electron chi connectivity index (χ3n) is 10.1. The maximum Gasteiger partial charge on any atom is 0.168 e. The quantitative estimate of drug-likeness (QED) is 0.0571. The summed E-state index contributed by atoms with van der Waals surface area (Å²) >= 11 is 0. The summed E-state index contributed by atoms with van der Waals surface area (Å²) in [6, 6.07) is 6.58. The van der Waals surface area contributed by atoms with Gasteiger partial charge in [0.05, 0.1) is 0 Å². The number of nitrogens with zero attached hydrogens (tertiary/aromatic N) is 1. The molecule has 0 aliphatic rings. The fraction of sp³-hybridized carbons (Fsp3) is 0.878. The van der Waals surface area contributed by atoms with E-state index in [0.29, 0.717) is 5.41 Å². The Morgan fingerprint density at radius 1 is 0.333 bits per heavy atom. The van der Waals surface area contributed by atoms with Crippen molar-refractivity contribution in [2.75, 3.05) is 0 Å². The Labute approximate surface area is 266 Å². The first-order valence-electron chi connectivity index (χ1n) is 19.7. The van der Waals surface area contributed by atoms with Crippen molar-refractivity contribution in [3.05, 3.63) is 30.6 Å². The zero-order valence-corrected chi connectivity index (χ0v) is 29.5. The molecule has 0 radical (unpaired) electrons. The van der Waals surface area contributed by atoms with Crippen LogP contribution in [-0.2, 0) is 6.54 Å². The monoisotopic (exact) mass is 585 g/mol. The highest BCUT2D eigenvalue weighted by atomic mass is 14.9. The van der Waals surface area contributed by atoms with E-state index in [2.05, 4.69) is 55.9 Å². The lowest BCUT2D eigenvalue weighted by atomic mass is 9.71. The van der Waals surface area contributed by atoms with Gasteiger partial charge in [0.25, 0.3) is 0 Å². The van der Waals surface area contributed by atoms with Crippen LogP contribution >= 0.6 is 0 Å². The number of unbranched alkanes of at least 4 members (excludes halogenated alkanes) is 24. The molecule has 0 aliphatic heterocycles. The fourth-order valence-electron chi connectivity index (χ4n) is 7.13. The minimum atomic E-state index is 0.563. The third-order valence-corrected chi connectivity index (χ3v) is 10.1. The van der Waals surface area contributed by atoms with E-state index in [4.69, 9.17) is 0 Å². The molecule has 0 N–H and O–H groups in total. The van der Waals surface area contributed by atoms with Gasteiger partial charge in [0.2, 0.25) is 0 Å². The highest BCUT2D eigenvalue weighted by Crippen LogP contribution is 2.41. The number of pyridine rings is 1. The molecule has 0 saturated heterocycles. The lowest BCUT2D eigenvalue weighted by Crippen LogP contribution is -2.36. The first-order valence-corrected chi connectivity index (χ1v) is 19.7. The van der Waals surface area contributed by atoms with Gasteiger partial charge in [0, 0.05) is 18.6 Å². The molecule has 42 heavy (non-hydrogen) atoms. The highest BCUT2D eigenvalue weighted by Gasteiger charge is 2.30. The smallest absolute Gasteiger partial charge is 0.168 e. The van der Waals surface area contributed by atoms with E-state index in [0.717, 1.165) is 0 Å². The molecular weight excluding hydrogens is 506 g/mol. The summed E-state index contributed by atoms with van der Waals surface area (Å²) < 4.78 is 2.45. The van der Waals surface area contributed by atoms with Crippen LogP contribution in [0.3, 0.4) is 0 Å². The Hall–Kier alpha value is -0.850. The molecule has 0 aliphatic carbocycles. The molecule has 246 valence electrons. The van der Waals surface area contributed by atoms with E-state index < -0.39 is 0 Å². The minimum absolute atomic E-state index is 0.563. The van der Waals surface area contributed by atoms with Crippen LogP contribution in [0, 0.1) is 5.41 Å². The van der Waals surface area contributed by atoms with Gasteiger partial charge in [-0.15, -0.1) is 0 Å². The van der Waals surface area contributed by atoms with E-state index in [1.807, 2.05) is 0 Å². The van der Waals surface area contributed by atoms with Gasteiger partial charge in [-0.25, -0.2) is 4.57 Å². The molecule has 0 spiro atoms. The van der Waals surface area contributed by atoms with Gasteiger partial charge in [-0.2, -0.15) is 0 Å². The maximum absolute atomic E-state index is 2.45. The van der Waals surface area contributed by atoms with Gasteiger partial charge >= 0.3 is 0 Å². The molecule has 1 aromatic heterocycles. The summed E-state index contributed by atoms with van der Waals surface area (Å²) in [4.78, 5) is 0. The predicted octanol–water partition coefficient (Wildman–Crippen LogP) is 14.1. The molecule has 1 nitrogen and oxygen atoms in total. The lowest BCUT2D eigenvalue weighted by molar-refractivity contribution is -0.699. The normalized spacial score (nSPS) is 11.9. The third kappa shape index (κ3) is 23.6. The first-order chi connectivity index (χ1) is 20.8. The van der Waals surface area contributed by atoms with Gasteiger partial charge in [-0.3, -0.25) is 0 Å². The Kier molecular flexibility index (Phi) is 28.2. The van der Waals surface area contributed by atoms with E-state index in [-0.39, 0.29) is 0 Å². The van der Waals surface area contributed by atoms with Crippen LogP contribution in [0.5, 0.6) is 0 Å². The Morgan fingerprint density at radius 3 is 0.929 bits per heavy atom. The van der Waals surface area contributed by atoms with Gasteiger partial charge in [0.1, 0.15) is 6.54 Å². The minimum Gasteiger partial charge on any atom is -0.205 e. The Bertz CT molecular complexity index is 612.